The van der Waals surface area contributed by atoms with Crippen LogP contribution in [0, 0.1) is 0 Å². The Morgan fingerprint density at radius 1 is 1.61 bits per heavy atom. The third kappa shape index (κ3) is 2.29. The van der Waals surface area contributed by atoms with Crippen molar-refractivity contribution in [3.63, 3.8) is 0 Å². The molecule has 124 valence electrons. The minimum Gasteiger partial charge on any atom is -0.386 e. The summed E-state index contributed by atoms with van der Waals surface area (Å²) in [6.07, 6.45) is -0.578. The Balaban J connectivity index is 2.10. The van der Waals surface area contributed by atoms with Crippen molar-refractivity contribution in [3.05, 3.63) is 23.6 Å². The highest BCUT2D eigenvalue weighted by Gasteiger charge is 2.55. The third-order valence-electron chi connectivity index (χ3n) is 4.12. The maximum atomic E-state index is 11.0. The molecular formula is C14H18ClN5O3. The summed E-state index contributed by atoms with van der Waals surface area (Å²) in [6.45, 7) is 5.52. The van der Waals surface area contributed by atoms with Crippen molar-refractivity contribution in [2.45, 2.75) is 37.7 Å². The summed E-state index contributed by atoms with van der Waals surface area (Å²) in [7, 11) is 0. The molecule has 0 spiro atoms. The second-order valence-corrected chi connectivity index (χ2v) is 5.99. The van der Waals surface area contributed by atoms with Gasteiger partial charge in [-0.15, -0.1) is 0 Å². The van der Waals surface area contributed by atoms with Gasteiger partial charge in [-0.1, -0.05) is 18.2 Å². The Kier molecular flexibility index (Phi) is 3.49. The highest BCUT2D eigenvalue weighted by atomic mass is 35.5. The maximum absolute atomic E-state index is 11.0. The van der Waals surface area contributed by atoms with E-state index in [0.29, 0.717) is 16.7 Å². The Hall–Kier alpha value is -1.74. The maximum Gasteiger partial charge on any atom is 0.223 e. The SMILES string of the molecule is [3H]CCO[C@@H]1[C@@H](O)C(=C)[C@@H](n2cnc3c(Cl)nc(N)nc32)[C@]1(C)O. The topological polar surface area (TPSA) is 119 Å². The van der Waals surface area contributed by atoms with Crippen LogP contribution in [0.15, 0.2) is 18.5 Å². The minimum absolute atomic E-state index is 0.0177. The fourth-order valence-corrected chi connectivity index (χ4v) is 3.36. The molecule has 1 aliphatic carbocycles. The van der Waals surface area contributed by atoms with Crippen LogP contribution in [0.5, 0.6) is 0 Å². The molecule has 8 nitrogen and oxygen atoms in total. The molecule has 1 fully saturated rings. The van der Waals surface area contributed by atoms with Crippen molar-refractivity contribution in [2.24, 2.45) is 0 Å². The molecule has 23 heavy (non-hydrogen) atoms. The summed E-state index contributed by atoms with van der Waals surface area (Å²) in [6, 6.07) is -0.751. The predicted molar refractivity (Wildman–Crippen MR) is 85.0 cm³/mol. The number of nitrogens with zero attached hydrogens (tertiary/aromatic N) is 4. The molecule has 3 rings (SSSR count). The number of aromatic nitrogens is 4. The van der Waals surface area contributed by atoms with E-state index >= 15 is 0 Å². The second kappa shape index (κ2) is 5.41. The monoisotopic (exact) mass is 341 g/mol. The molecule has 4 N–H and O–H groups in total. The van der Waals surface area contributed by atoms with Crippen molar-refractivity contribution >= 4 is 28.7 Å². The highest BCUT2D eigenvalue weighted by Crippen LogP contribution is 2.45. The van der Waals surface area contributed by atoms with E-state index in [0.717, 1.165) is 0 Å². The number of hydrogen-bond donors (Lipinski definition) is 3. The molecule has 0 unspecified atom stereocenters. The van der Waals surface area contributed by atoms with Gasteiger partial charge in [0.05, 0.1) is 12.4 Å². The minimum atomic E-state index is -1.49. The van der Waals surface area contributed by atoms with Crippen molar-refractivity contribution in [1.82, 2.24) is 19.5 Å². The number of halogens is 1. The molecule has 0 aliphatic heterocycles. The summed E-state index contributed by atoms with van der Waals surface area (Å²) in [4.78, 5) is 12.1. The van der Waals surface area contributed by atoms with E-state index in [1.165, 1.54) is 13.3 Å². The van der Waals surface area contributed by atoms with Gasteiger partial charge in [0.2, 0.25) is 5.95 Å². The molecule has 2 aromatic rings. The number of aliphatic hydroxyl groups excluding tert-OH is 1. The first-order chi connectivity index (χ1) is 11.3. The quantitative estimate of drug-likeness (QED) is 0.555. The first-order valence-electron chi connectivity index (χ1n) is 7.65. The molecule has 1 aliphatic rings. The lowest BCUT2D eigenvalue weighted by atomic mass is 9.97. The fourth-order valence-electron chi connectivity index (χ4n) is 3.14. The lowest BCUT2D eigenvalue weighted by Gasteiger charge is -2.31. The first kappa shape index (κ1) is 14.8. The number of ether oxygens (including phenoxy) is 1. The highest BCUT2D eigenvalue weighted by molar-refractivity contribution is 6.33. The molecule has 0 bridgehead atoms. The van der Waals surface area contributed by atoms with Crippen LogP contribution in [0.2, 0.25) is 5.15 Å². The standard InChI is InChI=1S/C14H18ClN5O3/c1-4-23-10-8(21)6(2)9(14(10,3)22)20-5-17-7-11(15)18-13(16)19-12(7)20/h5,8-10,21-22H,2,4H2,1,3H3,(H2,16,18,19)/t8-,9+,10+,14-/m0/s1/i1T. The zero-order valence-electron chi connectivity index (χ0n) is 13.5. The van der Waals surface area contributed by atoms with Gasteiger partial charge in [0.25, 0.3) is 0 Å². The van der Waals surface area contributed by atoms with Crippen LogP contribution in [-0.2, 0) is 4.74 Å². The van der Waals surface area contributed by atoms with E-state index in [1.807, 2.05) is 0 Å². The fraction of sp³-hybridized carbons (Fsp3) is 0.500. The Morgan fingerprint density at radius 3 is 3.04 bits per heavy atom. The number of rotatable bonds is 3. The van der Waals surface area contributed by atoms with Crippen molar-refractivity contribution < 1.29 is 16.3 Å². The number of aliphatic hydroxyl groups is 2. The molecule has 0 amide bonds. The van der Waals surface area contributed by atoms with Crippen LogP contribution in [0.3, 0.4) is 0 Å². The summed E-state index contributed by atoms with van der Waals surface area (Å²) < 4.78 is 14.2. The predicted octanol–water partition coefficient (Wildman–Crippen LogP) is 0.690. The Morgan fingerprint density at radius 2 is 2.35 bits per heavy atom. The molecule has 1 saturated carbocycles. The summed E-state index contributed by atoms with van der Waals surface area (Å²) in [5.41, 5.74) is 5.16. The lowest BCUT2D eigenvalue weighted by molar-refractivity contribution is -0.119. The number of nitrogen functional groups attached to an aromatic ring is 1. The van der Waals surface area contributed by atoms with Crippen molar-refractivity contribution in [2.75, 3.05) is 12.3 Å². The number of nitrogens with two attached hydrogens (primary N) is 1. The second-order valence-electron chi connectivity index (χ2n) is 5.64. The Bertz CT molecular complexity index is 796. The van der Waals surface area contributed by atoms with Gasteiger partial charge in [0.15, 0.2) is 10.8 Å². The van der Waals surface area contributed by atoms with E-state index in [2.05, 4.69) is 21.5 Å². The van der Waals surface area contributed by atoms with Crippen LogP contribution < -0.4 is 5.73 Å². The molecule has 2 heterocycles. The van der Waals surface area contributed by atoms with Gasteiger partial charge in [-0.2, -0.15) is 9.97 Å². The van der Waals surface area contributed by atoms with E-state index in [1.54, 1.807) is 4.57 Å². The Labute approximate surface area is 139 Å². The largest absolute Gasteiger partial charge is 0.386 e. The molecule has 0 saturated heterocycles. The van der Waals surface area contributed by atoms with Crippen LogP contribution in [-0.4, -0.2) is 54.1 Å². The molecule has 9 heteroatoms. The van der Waals surface area contributed by atoms with E-state index < -0.39 is 23.9 Å². The van der Waals surface area contributed by atoms with Gasteiger partial charge in [-0.25, -0.2) is 4.98 Å². The zero-order chi connectivity index (χ0) is 17.6. The molecule has 2 aromatic heterocycles. The number of imidazole rings is 1. The summed E-state index contributed by atoms with van der Waals surface area (Å²) >= 11 is 6.03. The van der Waals surface area contributed by atoms with Crippen molar-refractivity contribution in [1.29, 1.82) is 0 Å². The average molecular weight is 342 g/mol. The van der Waals surface area contributed by atoms with E-state index in [-0.39, 0.29) is 24.6 Å². The molecular weight excluding hydrogens is 322 g/mol. The normalized spacial score (nSPS) is 31.7. The van der Waals surface area contributed by atoms with Gasteiger partial charge in [-0.3, -0.25) is 0 Å². The van der Waals surface area contributed by atoms with Gasteiger partial charge in [0, 0.05) is 7.98 Å². The van der Waals surface area contributed by atoms with Gasteiger partial charge < -0.3 is 25.3 Å². The van der Waals surface area contributed by atoms with Gasteiger partial charge in [0.1, 0.15) is 23.3 Å². The summed E-state index contributed by atoms with van der Waals surface area (Å²) in [5, 5.41) is 21.5. The zero-order valence-corrected chi connectivity index (χ0v) is 13.2. The van der Waals surface area contributed by atoms with Gasteiger partial charge in [-0.05, 0) is 19.4 Å². The molecule has 0 aromatic carbocycles. The number of fused-ring (bicyclic) bond motifs is 1. The molecule has 4 atom stereocenters. The van der Waals surface area contributed by atoms with Crippen molar-refractivity contribution in [3.8, 4) is 0 Å². The first-order valence-corrected chi connectivity index (χ1v) is 7.32. The smallest absolute Gasteiger partial charge is 0.223 e. The van der Waals surface area contributed by atoms with Crippen LogP contribution >= 0.6 is 11.6 Å². The van der Waals surface area contributed by atoms with E-state index in [9.17, 15) is 10.2 Å². The number of hydrogen-bond acceptors (Lipinski definition) is 7. The van der Waals surface area contributed by atoms with Crippen LogP contribution in [0.4, 0.5) is 5.95 Å². The van der Waals surface area contributed by atoms with Crippen LogP contribution in [0.1, 0.15) is 21.2 Å². The van der Waals surface area contributed by atoms with Crippen LogP contribution in [0.25, 0.3) is 11.2 Å². The van der Waals surface area contributed by atoms with Gasteiger partial charge >= 0.3 is 0 Å². The number of anilines is 1. The lowest BCUT2D eigenvalue weighted by Crippen LogP contribution is -2.45. The molecule has 0 radical (unpaired) electrons. The average Bonchev–Trinajstić information content (AvgIpc) is 2.96. The third-order valence-corrected chi connectivity index (χ3v) is 4.38. The van der Waals surface area contributed by atoms with E-state index in [4.69, 9.17) is 23.4 Å². The summed E-state index contributed by atoms with van der Waals surface area (Å²) in [5.74, 6) is -0.0277.